The highest BCUT2D eigenvalue weighted by molar-refractivity contribution is 6.25. The molecule has 2 unspecified atom stereocenters. The van der Waals surface area contributed by atoms with E-state index in [1.807, 2.05) is 0 Å². The zero-order valence-electron chi connectivity index (χ0n) is 20.5. The van der Waals surface area contributed by atoms with E-state index >= 15 is 0 Å². The molecule has 1 amide bonds. The number of likely N-dealkylation sites (N-methyl/N-ethyl adjacent to an activating group) is 1. The number of carbonyl (C=O) groups is 3. The average Bonchev–Trinajstić information content (AvgIpc) is 2.86. The summed E-state index contributed by atoms with van der Waals surface area (Å²) in [5.74, 6) is -8.77. The molecule has 0 fully saturated rings. The largest absolute Gasteiger partial charge is 0.510 e. The third-order valence-corrected chi connectivity index (χ3v) is 7.65. The fourth-order valence-corrected chi connectivity index (χ4v) is 6.04. The normalized spacial score (nSPS) is 29.9. The summed E-state index contributed by atoms with van der Waals surface area (Å²) in [6.07, 6.45) is -0.0379. The molecule has 5 atom stereocenters. The Hall–Kier alpha value is -4.25. The number of aromatic hydroxyl groups is 1. The molecule has 3 aliphatic rings. The van der Waals surface area contributed by atoms with Crippen LogP contribution in [0.3, 0.4) is 0 Å². The monoisotopic (exact) mass is 518 g/mol. The number of fused-ring (bicyclic) bond motifs is 3. The number of primary amides is 1. The molecule has 3 aliphatic carbocycles. The second-order valence-electron chi connectivity index (χ2n) is 9.92. The number of Topliss-reactive ketones (excluding diaryl/α,β-unsaturated/α-hetero) is 2. The van der Waals surface area contributed by atoms with Crippen molar-refractivity contribution in [2.75, 3.05) is 14.1 Å². The lowest BCUT2D eigenvalue weighted by molar-refractivity contribution is -0.159. The summed E-state index contributed by atoms with van der Waals surface area (Å²) in [6, 6.07) is 12.0. The van der Waals surface area contributed by atoms with Crippen LogP contribution in [0, 0.1) is 11.8 Å². The Bertz CT molecular complexity index is 1490. The third kappa shape index (κ3) is 3.27. The number of benzene rings is 2. The third-order valence-electron chi connectivity index (χ3n) is 7.65. The quantitative estimate of drug-likeness (QED) is 0.324. The van der Waals surface area contributed by atoms with Crippen LogP contribution in [0.5, 0.6) is 5.75 Å². The number of hydrogen-bond donors (Lipinski definition) is 6. The summed E-state index contributed by atoms with van der Waals surface area (Å²) in [5, 5.41) is 56.6. The number of aliphatic hydroxyl groups is 4. The number of hydrogen-bond acceptors (Lipinski definition) is 9. The molecule has 5 rings (SSSR count). The van der Waals surface area contributed by atoms with Crippen molar-refractivity contribution in [3.8, 4) is 5.75 Å². The van der Waals surface area contributed by atoms with Gasteiger partial charge in [-0.2, -0.15) is 0 Å². The summed E-state index contributed by atoms with van der Waals surface area (Å²) < 4.78 is 0. The lowest BCUT2D eigenvalue weighted by atomic mass is 9.56. The van der Waals surface area contributed by atoms with Crippen LogP contribution in [0.25, 0.3) is 11.6 Å². The second-order valence-corrected chi connectivity index (χ2v) is 9.92. The SMILES string of the molecule is CN(C)[C@@H]1C(O)=C(C(N)=O)C(=O)[C@@]2(O)C(O)=C3C(=O)c4c(O)cccc4/C(=C\c4ccccc4)C3[C@H](O)C12. The summed E-state index contributed by atoms with van der Waals surface area (Å²) in [7, 11) is 2.97. The maximum atomic E-state index is 13.7. The van der Waals surface area contributed by atoms with Crippen molar-refractivity contribution >= 4 is 29.1 Å². The van der Waals surface area contributed by atoms with E-state index in [0.717, 1.165) is 0 Å². The zero-order chi connectivity index (χ0) is 27.7. The molecule has 10 nitrogen and oxygen atoms in total. The van der Waals surface area contributed by atoms with E-state index in [9.17, 15) is 39.9 Å². The van der Waals surface area contributed by atoms with Crippen LogP contribution in [0.15, 0.2) is 71.2 Å². The Morgan fingerprint density at radius 3 is 2.29 bits per heavy atom. The number of nitrogens with zero attached hydrogens (tertiary/aromatic N) is 1. The van der Waals surface area contributed by atoms with Gasteiger partial charge >= 0.3 is 0 Å². The Morgan fingerprint density at radius 1 is 1.03 bits per heavy atom. The van der Waals surface area contributed by atoms with Gasteiger partial charge in [-0.15, -0.1) is 0 Å². The molecule has 2 aromatic rings. The van der Waals surface area contributed by atoms with Gasteiger partial charge in [0.15, 0.2) is 11.4 Å². The van der Waals surface area contributed by atoms with Crippen LogP contribution < -0.4 is 5.73 Å². The van der Waals surface area contributed by atoms with Crippen molar-refractivity contribution in [3.05, 3.63) is 87.9 Å². The number of amides is 1. The van der Waals surface area contributed by atoms with Crippen LogP contribution >= 0.6 is 0 Å². The van der Waals surface area contributed by atoms with Crippen LogP contribution in [-0.2, 0) is 9.59 Å². The highest BCUT2D eigenvalue weighted by Crippen LogP contribution is 2.55. The van der Waals surface area contributed by atoms with Gasteiger partial charge in [0.2, 0.25) is 5.78 Å². The molecule has 0 spiro atoms. The Balaban J connectivity index is 1.87. The number of carbonyl (C=O) groups excluding carboxylic acids is 3. The number of phenolic OH excluding ortho intramolecular Hbond substituents is 1. The van der Waals surface area contributed by atoms with Crippen LogP contribution in [0.1, 0.15) is 21.5 Å². The van der Waals surface area contributed by atoms with Gasteiger partial charge in [-0.3, -0.25) is 19.3 Å². The van der Waals surface area contributed by atoms with E-state index in [2.05, 4.69) is 0 Å². The van der Waals surface area contributed by atoms with Gasteiger partial charge in [0.1, 0.15) is 22.8 Å². The highest BCUT2D eigenvalue weighted by Gasteiger charge is 2.67. The summed E-state index contributed by atoms with van der Waals surface area (Å²) in [4.78, 5) is 40.7. The first-order chi connectivity index (χ1) is 17.9. The molecule has 0 aromatic heterocycles. The summed E-state index contributed by atoms with van der Waals surface area (Å²) in [6.45, 7) is 0. The van der Waals surface area contributed by atoms with Crippen molar-refractivity contribution in [3.63, 3.8) is 0 Å². The maximum Gasteiger partial charge on any atom is 0.255 e. The van der Waals surface area contributed by atoms with Crippen molar-refractivity contribution in [2.24, 2.45) is 17.6 Å². The van der Waals surface area contributed by atoms with Crippen molar-refractivity contribution in [1.29, 1.82) is 0 Å². The molecule has 0 heterocycles. The number of nitrogens with two attached hydrogens (primary N) is 1. The first kappa shape index (κ1) is 25.4. The van der Waals surface area contributed by atoms with E-state index in [1.165, 1.54) is 31.1 Å². The van der Waals surface area contributed by atoms with E-state index in [4.69, 9.17) is 5.73 Å². The number of phenols is 1. The van der Waals surface area contributed by atoms with E-state index < -0.39 is 75.5 Å². The molecule has 2 aromatic carbocycles. The minimum atomic E-state index is -2.97. The Labute approximate surface area is 217 Å². The predicted octanol–water partition coefficient (Wildman–Crippen LogP) is 1.09. The fraction of sp³-hybridized carbons (Fsp3) is 0.250. The second kappa shape index (κ2) is 8.66. The minimum absolute atomic E-state index is 0.178. The molecule has 10 heteroatoms. The number of ketones is 2. The molecule has 0 saturated heterocycles. The lowest BCUT2D eigenvalue weighted by Gasteiger charge is -2.52. The van der Waals surface area contributed by atoms with Gasteiger partial charge in [-0.05, 0) is 36.9 Å². The lowest BCUT2D eigenvalue weighted by Crippen LogP contribution is -2.68. The fourth-order valence-electron chi connectivity index (χ4n) is 6.04. The molecular weight excluding hydrogens is 492 g/mol. The van der Waals surface area contributed by atoms with E-state index in [-0.39, 0.29) is 5.56 Å². The van der Waals surface area contributed by atoms with Crippen LogP contribution in [0.2, 0.25) is 0 Å². The minimum Gasteiger partial charge on any atom is -0.510 e. The Morgan fingerprint density at radius 2 is 1.68 bits per heavy atom. The average molecular weight is 519 g/mol. The van der Waals surface area contributed by atoms with Crippen molar-refractivity contribution in [2.45, 2.75) is 17.7 Å². The molecule has 38 heavy (non-hydrogen) atoms. The van der Waals surface area contributed by atoms with E-state index in [0.29, 0.717) is 16.7 Å². The van der Waals surface area contributed by atoms with Gasteiger partial charge in [0.25, 0.3) is 5.91 Å². The van der Waals surface area contributed by atoms with Gasteiger partial charge in [0.05, 0.1) is 29.2 Å². The molecular formula is C28H26N2O8. The summed E-state index contributed by atoms with van der Waals surface area (Å²) >= 11 is 0. The summed E-state index contributed by atoms with van der Waals surface area (Å²) in [5.41, 5.74) is 2.08. The molecule has 0 saturated carbocycles. The number of aliphatic hydroxyl groups excluding tert-OH is 3. The zero-order valence-corrected chi connectivity index (χ0v) is 20.5. The molecule has 0 radical (unpaired) electrons. The van der Waals surface area contributed by atoms with Gasteiger partial charge in [-0.1, -0.05) is 48.5 Å². The first-order valence-corrected chi connectivity index (χ1v) is 11.8. The highest BCUT2D eigenvalue weighted by atomic mass is 16.4. The van der Waals surface area contributed by atoms with E-state index in [1.54, 1.807) is 42.5 Å². The van der Waals surface area contributed by atoms with Crippen molar-refractivity contribution in [1.82, 2.24) is 4.90 Å². The van der Waals surface area contributed by atoms with Gasteiger partial charge in [-0.25, -0.2) is 0 Å². The standard InChI is InChI=1S/C28H26N2O8/c1-30(2)21-20-23(33)17-14(11-12-7-4-3-5-8-12)13-9-6-10-15(31)16(13)22(32)18(17)25(35)28(20,38)26(36)19(24(21)34)27(29)37/h3-11,17,20-21,23,31,33-35,38H,1-2H3,(H2,29,37)/b14-11+/t17?,20?,21-,23-,28-/m0/s1. The maximum absolute atomic E-state index is 13.7. The number of rotatable bonds is 3. The van der Waals surface area contributed by atoms with Gasteiger partial charge < -0.3 is 31.3 Å². The molecule has 0 aliphatic heterocycles. The molecule has 7 N–H and O–H groups in total. The predicted molar refractivity (Wildman–Crippen MR) is 136 cm³/mol. The first-order valence-electron chi connectivity index (χ1n) is 11.8. The van der Waals surface area contributed by atoms with Crippen LogP contribution in [-0.4, -0.2) is 79.7 Å². The molecule has 196 valence electrons. The molecule has 0 bridgehead atoms. The van der Waals surface area contributed by atoms with Gasteiger partial charge in [0, 0.05) is 5.92 Å². The Kier molecular flexibility index (Phi) is 5.79. The topological polar surface area (TPSA) is 182 Å². The smallest absolute Gasteiger partial charge is 0.255 e. The van der Waals surface area contributed by atoms with Crippen LogP contribution in [0.4, 0.5) is 0 Å². The van der Waals surface area contributed by atoms with Crippen molar-refractivity contribution < 1.29 is 39.9 Å².